The average Bonchev–Trinajstić information content (AvgIpc) is 3.37. The summed E-state index contributed by atoms with van der Waals surface area (Å²) in [5.74, 6) is 0.466. The summed E-state index contributed by atoms with van der Waals surface area (Å²) in [5.41, 5.74) is 0.468. The maximum Gasteiger partial charge on any atom is 0.309 e. The summed E-state index contributed by atoms with van der Waals surface area (Å²) in [6.07, 6.45) is 3.86. The predicted octanol–water partition coefficient (Wildman–Crippen LogP) is 3.32. The van der Waals surface area contributed by atoms with E-state index in [1.807, 2.05) is 13.8 Å². The SMILES string of the molecule is CCC(C)C(=O)OC1COC2C(OCOC3C4(C)CCC(C4)C3(C)C)COC12. The molecule has 8 unspecified atom stereocenters. The number of carbonyl (C=O) groups excluding carboxylic acids is 1. The van der Waals surface area contributed by atoms with Crippen molar-refractivity contribution in [2.45, 2.75) is 90.8 Å². The summed E-state index contributed by atoms with van der Waals surface area (Å²) in [5, 5.41) is 0. The fraction of sp³-hybridized carbons (Fsp3) is 0.955. The van der Waals surface area contributed by atoms with Crippen molar-refractivity contribution in [1.82, 2.24) is 0 Å². The molecule has 4 rings (SSSR count). The minimum atomic E-state index is -0.343. The van der Waals surface area contributed by atoms with Crippen LogP contribution in [0.5, 0.6) is 0 Å². The highest BCUT2D eigenvalue weighted by atomic mass is 16.7. The van der Waals surface area contributed by atoms with Crippen LogP contribution in [-0.4, -0.2) is 56.5 Å². The molecule has 2 aliphatic heterocycles. The fourth-order valence-corrected chi connectivity index (χ4v) is 5.97. The Balaban J connectivity index is 1.27. The van der Waals surface area contributed by atoms with Gasteiger partial charge in [0.25, 0.3) is 0 Å². The van der Waals surface area contributed by atoms with Gasteiger partial charge < -0.3 is 23.7 Å². The van der Waals surface area contributed by atoms with Crippen LogP contribution in [0.4, 0.5) is 0 Å². The van der Waals surface area contributed by atoms with Gasteiger partial charge in [0.2, 0.25) is 0 Å². The lowest BCUT2D eigenvalue weighted by molar-refractivity contribution is -0.184. The second-order valence-electron chi connectivity index (χ2n) is 10.2. The number of rotatable bonds is 7. The highest BCUT2D eigenvalue weighted by Gasteiger charge is 2.60. The molecule has 8 atom stereocenters. The van der Waals surface area contributed by atoms with E-state index in [1.54, 1.807) is 0 Å². The van der Waals surface area contributed by atoms with Gasteiger partial charge in [-0.05, 0) is 42.4 Å². The molecule has 0 aromatic heterocycles. The van der Waals surface area contributed by atoms with Crippen LogP contribution in [0.25, 0.3) is 0 Å². The number of hydrogen-bond donors (Lipinski definition) is 0. The smallest absolute Gasteiger partial charge is 0.309 e. The van der Waals surface area contributed by atoms with Crippen molar-refractivity contribution in [3.63, 3.8) is 0 Å². The summed E-state index contributed by atoms with van der Waals surface area (Å²) in [6, 6.07) is 0. The van der Waals surface area contributed by atoms with Crippen molar-refractivity contribution in [1.29, 1.82) is 0 Å². The molecule has 28 heavy (non-hydrogen) atoms. The summed E-state index contributed by atoms with van der Waals surface area (Å²) < 4.78 is 29.7. The van der Waals surface area contributed by atoms with Gasteiger partial charge in [-0.2, -0.15) is 0 Å². The lowest BCUT2D eigenvalue weighted by Crippen LogP contribution is -2.43. The standard InChI is InChI=1S/C22H36O6/c1-6-13(2)19(23)28-16-11-25-17-15(10-24-18(16)17)26-12-27-20-21(3,4)14-7-8-22(20,5)9-14/h13-18,20H,6-12H2,1-5H3. The molecule has 6 heteroatoms. The highest BCUT2D eigenvalue weighted by molar-refractivity contribution is 5.72. The molecule has 2 saturated carbocycles. The average molecular weight is 397 g/mol. The third-order valence-corrected chi connectivity index (χ3v) is 7.90. The van der Waals surface area contributed by atoms with Gasteiger partial charge in [0.05, 0.1) is 25.2 Å². The highest BCUT2D eigenvalue weighted by Crippen LogP contribution is 2.63. The molecule has 0 radical (unpaired) electrons. The molecule has 160 valence electrons. The van der Waals surface area contributed by atoms with Crippen LogP contribution >= 0.6 is 0 Å². The Morgan fingerprint density at radius 3 is 2.43 bits per heavy atom. The van der Waals surface area contributed by atoms with Crippen LogP contribution in [-0.2, 0) is 28.5 Å². The molecule has 4 aliphatic rings. The van der Waals surface area contributed by atoms with Crippen molar-refractivity contribution in [2.75, 3.05) is 20.0 Å². The van der Waals surface area contributed by atoms with Gasteiger partial charge in [0, 0.05) is 0 Å². The van der Waals surface area contributed by atoms with E-state index in [-0.39, 0.29) is 60.0 Å². The van der Waals surface area contributed by atoms with E-state index >= 15 is 0 Å². The number of fused-ring (bicyclic) bond motifs is 3. The molecular formula is C22H36O6. The van der Waals surface area contributed by atoms with Gasteiger partial charge in [-0.3, -0.25) is 4.79 Å². The van der Waals surface area contributed by atoms with E-state index < -0.39 is 0 Å². The van der Waals surface area contributed by atoms with Crippen LogP contribution in [0.15, 0.2) is 0 Å². The zero-order valence-electron chi connectivity index (χ0n) is 17.9. The Morgan fingerprint density at radius 1 is 1.11 bits per heavy atom. The molecule has 0 amide bonds. The molecule has 2 heterocycles. The minimum Gasteiger partial charge on any atom is -0.457 e. The Bertz CT molecular complexity index is 587. The van der Waals surface area contributed by atoms with Gasteiger partial charge in [0.1, 0.15) is 25.1 Å². The first-order valence-corrected chi connectivity index (χ1v) is 10.9. The predicted molar refractivity (Wildman–Crippen MR) is 103 cm³/mol. The zero-order valence-corrected chi connectivity index (χ0v) is 17.9. The van der Waals surface area contributed by atoms with Crippen molar-refractivity contribution >= 4 is 5.97 Å². The molecule has 2 bridgehead atoms. The summed E-state index contributed by atoms with van der Waals surface area (Å²) in [6.45, 7) is 12.0. The largest absolute Gasteiger partial charge is 0.457 e. The molecule has 0 aromatic carbocycles. The van der Waals surface area contributed by atoms with Crippen molar-refractivity contribution < 1.29 is 28.5 Å². The molecule has 6 nitrogen and oxygen atoms in total. The van der Waals surface area contributed by atoms with Crippen LogP contribution in [0, 0.1) is 22.7 Å². The van der Waals surface area contributed by atoms with Crippen LogP contribution in [0.2, 0.25) is 0 Å². The summed E-state index contributed by atoms with van der Waals surface area (Å²) in [7, 11) is 0. The number of ether oxygens (including phenoxy) is 5. The van der Waals surface area contributed by atoms with Crippen molar-refractivity contribution in [3.8, 4) is 0 Å². The lowest BCUT2D eigenvalue weighted by Gasteiger charge is -2.42. The van der Waals surface area contributed by atoms with E-state index in [9.17, 15) is 4.79 Å². The van der Waals surface area contributed by atoms with E-state index in [0.717, 1.165) is 12.3 Å². The molecule has 4 fully saturated rings. The number of hydrogen-bond acceptors (Lipinski definition) is 6. The van der Waals surface area contributed by atoms with Gasteiger partial charge in [0.15, 0.2) is 6.10 Å². The van der Waals surface area contributed by atoms with E-state index in [0.29, 0.717) is 13.2 Å². The lowest BCUT2D eigenvalue weighted by atomic mass is 9.70. The quantitative estimate of drug-likeness (QED) is 0.486. The monoisotopic (exact) mass is 396 g/mol. The van der Waals surface area contributed by atoms with Gasteiger partial charge >= 0.3 is 5.97 Å². The van der Waals surface area contributed by atoms with E-state index in [1.165, 1.54) is 19.3 Å². The Kier molecular flexibility index (Phi) is 5.53. The van der Waals surface area contributed by atoms with E-state index in [2.05, 4.69) is 20.8 Å². The maximum absolute atomic E-state index is 12.1. The Labute approximate surface area is 168 Å². The maximum atomic E-state index is 12.1. The van der Waals surface area contributed by atoms with Gasteiger partial charge in [-0.25, -0.2) is 0 Å². The number of carbonyl (C=O) groups is 1. The minimum absolute atomic E-state index is 0.104. The summed E-state index contributed by atoms with van der Waals surface area (Å²) >= 11 is 0. The second-order valence-corrected chi connectivity index (χ2v) is 10.2. The first kappa shape index (κ1) is 20.6. The third-order valence-electron chi connectivity index (χ3n) is 7.90. The summed E-state index contributed by atoms with van der Waals surface area (Å²) in [4.78, 5) is 12.1. The number of esters is 1. The van der Waals surface area contributed by atoms with Gasteiger partial charge in [-0.1, -0.05) is 34.6 Å². The van der Waals surface area contributed by atoms with Crippen molar-refractivity contribution in [2.24, 2.45) is 22.7 Å². The molecule has 0 aromatic rings. The van der Waals surface area contributed by atoms with Crippen LogP contribution < -0.4 is 0 Å². The zero-order chi connectivity index (χ0) is 20.1. The first-order valence-electron chi connectivity index (χ1n) is 10.9. The van der Waals surface area contributed by atoms with Crippen LogP contribution in [0.3, 0.4) is 0 Å². The topological polar surface area (TPSA) is 63.2 Å². The van der Waals surface area contributed by atoms with Crippen molar-refractivity contribution in [3.05, 3.63) is 0 Å². The van der Waals surface area contributed by atoms with Gasteiger partial charge in [-0.15, -0.1) is 0 Å². The second kappa shape index (κ2) is 7.53. The fourth-order valence-electron chi connectivity index (χ4n) is 5.97. The Morgan fingerprint density at radius 2 is 1.79 bits per heavy atom. The third kappa shape index (κ3) is 3.40. The molecule has 2 saturated heterocycles. The first-order chi connectivity index (χ1) is 13.3. The molecule has 0 N–H and O–H groups in total. The normalized spacial score (nSPS) is 44.6. The van der Waals surface area contributed by atoms with E-state index in [4.69, 9.17) is 23.7 Å². The Hall–Kier alpha value is -0.690. The molecule has 0 spiro atoms. The molecule has 2 aliphatic carbocycles. The van der Waals surface area contributed by atoms with Crippen LogP contribution in [0.1, 0.15) is 60.3 Å². The molecular weight excluding hydrogens is 360 g/mol.